The molecule has 0 heterocycles. The Morgan fingerprint density at radius 1 is 1.40 bits per heavy atom. The number of anilines is 1. The molecule has 0 saturated heterocycles. The molecule has 1 aliphatic carbocycles. The topological polar surface area (TPSA) is 40.5 Å². The Labute approximate surface area is 115 Å². The summed E-state index contributed by atoms with van der Waals surface area (Å²) < 4.78 is 38.9. The highest BCUT2D eigenvalue weighted by Crippen LogP contribution is 2.37. The maximum atomic E-state index is 13.0. The van der Waals surface area contributed by atoms with Gasteiger partial charge in [0.15, 0.2) is 0 Å². The molecule has 6 heteroatoms. The highest BCUT2D eigenvalue weighted by atomic mass is 19.4. The molecule has 1 aromatic carbocycles. The quantitative estimate of drug-likeness (QED) is 0.896. The molecular formula is C14H16F3NO2. The number of carboxylic acids is 1. The van der Waals surface area contributed by atoms with Crippen molar-refractivity contribution >= 4 is 11.7 Å². The van der Waals surface area contributed by atoms with Crippen molar-refractivity contribution < 1.29 is 23.1 Å². The molecule has 0 unspecified atom stereocenters. The van der Waals surface area contributed by atoms with Crippen LogP contribution in [0, 0.1) is 0 Å². The number of hydrogen-bond donors (Lipinski definition) is 1. The predicted molar refractivity (Wildman–Crippen MR) is 69.1 cm³/mol. The minimum atomic E-state index is -4.66. The lowest BCUT2D eigenvalue weighted by Crippen LogP contribution is -2.27. The number of nitrogens with zero attached hydrogens (tertiary/aromatic N) is 1. The van der Waals surface area contributed by atoms with Gasteiger partial charge in [0.05, 0.1) is 11.1 Å². The lowest BCUT2D eigenvalue weighted by Gasteiger charge is -2.25. The lowest BCUT2D eigenvalue weighted by molar-refractivity contribution is -0.138. The van der Waals surface area contributed by atoms with Gasteiger partial charge in [0, 0.05) is 18.3 Å². The van der Waals surface area contributed by atoms with Gasteiger partial charge in [-0.15, -0.1) is 0 Å². The van der Waals surface area contributed by atoms with Gasteiger partial charge >= 0.3 is 12.1 Å². The molecule has 110 valence electrons. The number of alkyl halides is 3. The molecule has 0 aromatic heterocycles. The van der Waals surface area contributed by atoms with Gasteiger partial charge < -0.3 is 10.0 Å². The second-order valence-electron chi connectivity index (χ2n) is 4.96. The van der Waals surface area contributed by atoms with Crippen molar-refractivity contribution in [2.45, 2.75) is 38.4 Å². The first-order chi connectivity index (χ1) is 9.34. The molecule has 0 radical (unpaired) electrons. The summed E-state index contributed by atoms with van der Waals surface area (Å²) in [6.07, 6.45) is -1.88. The zero-order chi connectivity index (χ0) is 14.9. The van der Waals surface area contributed by atoms with E-state index in [9.17, 15) is 18.0 Å². The predicted octanol–water partition coefficient (Wildman–Crippen LogP) is 3.78. The summed E-state index contributed by atoms with van der Waals surface area (Å²) in [6, 6.07) is 3.75. The van der Waals surface area contributed by atoms with Crippen LogP contribution < -0.4 is 4.90 Å². The Kier molecular flexibility index (Phi) is 3.92. The number of halogens is 3. The first kappa shape index (κ1) is 14.7. The van der Waals surface area contributed by atoms with E-state index in [1.807, 2.05) is 11.8 Å². The number of carbonyl (C=O) groups is 1. The van der Waals surface area contributed by atoms with E-state index in [0.29, 0.717) is 12.2 Å². The largest absolute Gasteiger partial charge is 0.478 e. The van der Waals surface area contributed by atoms with Gasteiger partial charge in [-0.1, -0.05) is 6.92 Å². The molecule has 0 spiro atoms. The van der Waals surface area contributed by atoms with Crippen LogP contribution in [0.2, 0.25) is 0 Å². The fourth-order valence-electron chi connectivity index (χ4n) is 2.28. The summed E-state index contributed by atoms with van der Waals surface area (Å²) in [5.41, 5.74) is -1.33. The van der Waals surface area contributed by atoms with Crippen molar-refractivity contribution in [1.29, 1.82) is 0 Å². The summed E-state index contributed by atoms with van der Waals surface area (Å²) >= 11 is 0. The number of hydrogen-bond acceptors (Lipinski definition) is 2. The van der Waals surface area contributed by atoms with Crippen LogP contribution >= 0.6 is 0 Å². The van der Waals surface area contributed by atoms with Crippen LogP contribution in [-0.2, 0) is 6.18 Å². The molecule has 0 amide bonds. The highest BCUT2D eigenvalue weighted by Gasteiger charge is 2.37. The van der Waals surface area contributed by atoms with Crippen LogP contribution in [0.15, 0.2) is 18.2 Å². The Balaban J connectivity index is 2.43. The van der Waals surface area contributed by atoms with Crippen LogP contribution in [0.25, 0.3) is 0 Å². The van der Waals surface area contributed by atoms with Crippen molar-refractivity contribution in [3.05, 3.63) is 29.3 Å². The molecule has 1 saturated carbocycles. The molecule has 0 bridgehead atoms. The van der Waals surface area contributed by atoms with Gasteiger partial charge in [-0.2, -0.15) is 13.2 Å². The summed E-state index contributed by atoms with van der Waals surface area (Å²) in [5, 5.41) is 8.87. The fourth-order valence-corrected chi connectivity index (χ4v) is 2.28. The minimum absolute atomic E-state index is 0.284. The number of rotatable bonds is 5. The smallest absolute Gasteiger partial charge is 0.417 e. The van der Waals surface area contributed by atoms with Gasteiger partial charge in [-0.25, -0.2) is 4.79 Å². The van der Waals surface area contributed by atoms with Gasteiger partial charge in [0.25, 0.3) is 0 Å². The Morgan fingerprint density at radius 2 is 2.05 bits per heavy atom. The van der Waals surface area contributed by atoms with Crippen LogP contribution in [0.3, 0.4) is 0 Å². The average molecular weight is 287 g/mol. The molecule has 2 rings (SSSR count). The SMILES string of the molecule is CCCN(c1ccc(C(=O)O)c(C(F)(F)F)c1)C1CC1. The fraction of sp³-hybridized carbons (Fsp3) is 0.500. The zero-order valence-corrected chi connectivity index (χ0v) is 11.1. The number of carboxylic acid groups (broad SMARTS) is 1. The second-order valence-corrected chi connectivity index (χ2v) is 4.96. The van der Waals surface area contributed by atoms with Crippen LogP contribution in [0.5, 0.6) is 0 Å². The normalized spacial score (nSPS) is 15.2. The van der Waals surface area contributed by atoms with E-state index in [0.717, 1.165) is 31.4 Å². The average Bonchev–Trinajstić information content (AvgIpc) is 3.18. The first-order valence-corrected chi connectivity index (χ1v) is 6.55. The van der Waals surface area contributed by atoms with Crippen molar-refractivity contribution in [2.24, 2.45) is 0 Å². The Bertz CT molecular complexity index is 510. The molecule has 20 heavy (non-hydrogen) atoms. The van der Waals surface area contributed by atoms with E-state index in [2.05, 4.69) is 0 Å². The van der Waals surface area contributed by atoms with Gasteiger partial charge in [0.2, 0.25) is 0 Å². The van der Waals surface area contributed by atoms with Crippen molar-refractivity contribution in [1.82, 2.24) is 0 Å². The van der Waals surface area contributed by atoms with Gasteiger partial charge in [-0.3, -0.25) is 0 Å². The maximum absolute atomic E-state index is 13.0. The third kappa shape index (κ3) is 3.05. The third-order valence-corrected chi connectivity index (χ3v) is 3.32. The summed E-state index contributed by atoms with van der Waals surface area (Å²) in [6.45, 7) is 2.64. The van der Waals surface area contributed by atoms with E-state index in [1.165, 1.54) is 6.07 Å². The van der Waals surface area contributed by atoms with E-state index < -0.39 is 23.3 Å². The highest BCUT2D eigenvalue weighted by molar-refractivity contribution is 5.90. The molecule has 1 aromatic rings. The monoisotopic (exact) mass is 287 g/mol. The van der Waals surface area contributed by atoms with Crippen molar-refractivity contribution in [2.75, 3.05) is 11.4 Å². The van der Waals surface area contributed by atoms with Crippen LogP contribution in [-0.4, -0.2) is 23.7 Å². The van der Waals surface area contributed by atoms with E-state index >= 15 is 0 Å². The molecule has 0 atom stereocenters. The van der Waals surface area contributed by atoms with E-state index in [1.54, 1.807) is 0 Å². The summed E-state index contributed by atoms with van der Waals surface area (Å²) in [5.74, 6) is -1.56. The minimum Gasteiger partial charge on any atom is -0.478 e. The number of aromatic carboxylic acids is 1. The summed E-state index contributed by atoms with van der Waals surface area (Å²) in [4.78, 5) is 12.8. The molecule has 0 aliphatic heterocycles. The third-order valence-electron chi connectivity index (χ3n) is 3.32. The summed E-state index contributed by atoms with van der Waals surface area (Å²) in [7, 11) is 0. The van der Waals surface area contributed by atoms with Gasteiger partial charge in [-0.05, 0) is 37.5 Å². The van der Waals surface area contributed by atoms with Crippen LogP contribution in [0.1, 0.15) is 42.1 Å². The van der Waals surface area contributed by atoms with Gasteiger partial charge in [0.1, 0.15) is 0 Å². The van der Waals surface area contributed by atoms with Crippen LogP contribution in [0.4, 0.5) is 18.9 Å². The lowest BCUT2D eigenvalue weighted by atomic mass is 10.1. The van der Waals surface area contributed by atoms with Crippen molar-refractivity contribution in [3.8, 4) is 0 Å². The Hall–Kier alpha value is -1.72. The zero-order valence-electron chi connectivity index (χ0n) is 11.1. The standard InChI is InChI=1S/C14H16F3NO2/c1-2-7-18(9-3-4-9)10-5-6-11(13(19)20)12(8-10)14(15,16)17/h5-6,8-9H,2-4,7H2,1H3,(H,19,20). The van der Waals surface area contributed by atoms with Crippen molar-refractivity contribution in [3.63, 3.8) is 0 Å². The van der Waals surface area contributed by atoms with E-state index in [-0.39, 0.29) is 6.04 Å². The maximum Gasteiger partial charge on any atom is 0.417 e. The second kappa shape index (κ2) is 5.34. The molecule has 1 fully saturated rings. The number of benzene rings is 1. The first-order valence-electron chi connectivity index (χ1n) is 6.55. The molecular weight excluding hydrogens is 271 g/mol. The van der Waals surface area contributed by atoms with E-state index in [4.69, 9.17) is 5.11 Å². The molecule has 1 aliphatic rings. The molecule has 1 N–H and O–H groups in total. The Morgan fingerprint density at radius 3 is 2.50 bits per heavy atom. The molecule has 3 nitrogen and oxygen atoms in total.